The number of nitrogens with zero attached hydrogens (tertiary/aromatic N) is 5. The van der Waals surface area contributed by atoms with Crippen LogP contribution in [-0.4, -0.2) is 92.9 Å². The second kappa shape index (κ2) is 12.4. The molecule has 0 spiro atoms. The van der Waals surface area contributed by atoms with Gasteiger partial charge < -0.3 is 26.6 Å². The van der Waals surface area contributed by atoms with Crippen LogP contribution in [0, 0.1) is 0 Å². The van der Waals surface area contributed by atoms with E-state index in [1.54, 1.807) is 12.4 Å². The fraction of sp³-hybridized carbons (Fsp3) is 0.360. The first kappa shape index (κ1) is 25.5. The quantitative estimate of drug-likeness (QED) is 0.263. The molecule has 3 heterocycles. The second-order valence-corrected chi connectivity index (χ2v) is 8.74. The van der Waals surface area contributed by atoms with Gasteiger partial charge in [0, 0.05) is 69.5 Å². The van der Waals surface area contributed by atoms with Gasteiger partial charge in [-0.15, -0.1) is 0 Å². The summed E-state index contributed by atoms with van der Waals surface area (Å²) in [5, 5.41) is 24.9. The molecule has 36 heavy (non-hydrogen) atoms. The monoisotopic (exact) mass is 492 g/mol. The van der Waals surface area contributed by atoms with E-state index in [9.17, 15) is 9.90 Å². The van der Waals surface area contributed by atoms with Crippen molar-refractivity contribution in [3.8, 4) is 11.3 Å². The lowest BCUT2D eigenvalue weighted by Crippen LogP contribution is -2.47. The smallest absolute Gasteiger partial charge is 0.317 e. The number of aliphatic hydroxyl groups excluding tert-OH is 1. The van der Waals surface area contributed by atoms with Crippen LogP contribution in [0.25, 0.3) is 11.3 Å². The van der Waals surface area contributed by atoms with E-state index in [1.165, 1.54) is 0 Å². The van der Waals surface area contributed by atoms with Crippen LogP contribution in [0.4, 0.5) is 17.5 Å². The molecular weight excluding hydrogens is 460 g/mol. The van der Waals surface area contributed by atoms with Crippen molar-refractivity contribution < 1.29 is 15.0 Å². The number of rotatable bonds is 11. The summed E-state index contributed by atoms with van der Waals surface area (Å²) in [5.41, 5.74) is 9.07. The standard InChI is InChI=1S/C25H32N8O3/c26-13-21(34)15-29-23-5-4-19(14-28-23)22-6-7-27-25(31-22)30-20-3-1-2-18(12-20)16-32-8-10-33(11-9-32)17-24(35)36/h1-7,12,14,21,34H,8-11,13,15-17,26H2,(H,28,29)(H,35,36)(H,27,30,31). The van der Waals surface area contributed by atoms with Crippen LogP contribution < -0.4 is 16.4 Å². The SMILES string of the molecule is NCC(O)CNc1ccc(-c2ccnc(Nc3cccc(CN4CCN(CC(=O)O)CC4)c3)n2)cn1. The minimum Gasteiger partial charge on any atom is -0.480 e. The average Bonchev–Trinajstić information content (AvgIpc) is 2.89. The van der Waals surface area contributed by atoms with Gasteiger partial charge in [0.1, 0.15) is 5.82 Å². The van der Waals surface area contributed by atoms with Crippen LogP contribution in [0.5, 0.6) is 0 Å². The topological polar surface area (TPSA) is 153 Å². The maximum Gasteiger partial charge on any atom is 0.317 e. The lowest BCUT2D eigenvalue weighted by atomic mass is 10.1. The van der Waals surface area contributed by atoms with Crippen LogP contribution in [0.15, 0.2) is 54.9 Å². The number of hydrogen-bond acceptors (Lipinski definition) is 10. The molecule has 1 unspecified atom stereocenters. The van der Waals surface area contributed by atoms with Gasteiger partial charge in [-0.3, -0.25) is 14.6 Å². The number of piperazine rings is 1. The number of carboxylic acids is 1. The Morgan fingerprint density at radius 3 is 2.61 bits per heavy atom. The first-order chi connectivity index (χ1) is 17.5. The van der Waals surface area contributed by atoms with E-state index in [4.69, 9.17) is 10.8 Å². The van der Waals surface area contributed by atoms with Crippen molar-refractivity contribution >= 4 is 23.4 Å². The maximum atomic E-state index is 10.9. The maximum absolute atomic E-state index is 10.9. The Morgan fingerprint density at radius 1 is 1.08 bits per heavy atom. The van der Waals surface area contributed by atoms with Gasteiger partial charge in [0.05, 0.1) is 18.3 Å². The number of aliphatic carboxylic acids is 1. The van der Waals surface area contributed by atoms with Crippen molar-refractivity contribution in [2.24, 2.45) is 5.73 Å². The van der Waals surface area contributed by atoms with E-state index in [2.05, 4.69) is 42.6 Å². The van der Waals surface area contributed by atoms with Crippen LogP contribution in [-0.2, 0) is 11.3 Å². The number of hydrogen-bond donors (Lipinski definition) is 5. The molecule has 1 atom stereocenters. The zero-order valence-electron chi connectivity index (χ0n) is 20.0. The molecule has 1 aliphatic heterocycles. The molecular formula is C25H32N8O3. The highest BCUT2D eigenvalue weighted by Gasteiger charge is 2.18. The number of nitrogens with one attached hydrogen (secondary N) is 2. The molecule has 1 saturated heterocycles. The van der Waals surface area contributed by atoms with Crippen LogP contribution in [0.3, 0.4) is 0 Å². The third-order valence-corrected chi connectivity index (χ3v) is 5.92. The minimum atomic E-state index is -0.780. The molecule has 11 heteroatoms. The average molecular weight is 493 g/mol. The molecule has 0 bridgehead atoms. The largest absolute Gasteiger partial charge is 0.480 e. The van der Waals surface area contributed by atoms with Gasteiger partial charge in [0.15, 0.2) is 0 Å². The molecule has 0 aliphatic carbocycles. The Bertz CT molecular complexity index is 1140. The van der Waals surface area contributed by atoms with Gasteiger partial charge in [-0.05, 0) is 35.9 Å². The lowest BCUT2D eigenvalue weighted by molar-refractivity contribution is -0.138. The predicted molar refractivity (Wildman–Crippen MR) is 138 cm³/mol. The van der Waals surface area contributed by atoms with Gasteiger partial charge >= 0.3 is 5.97 Å². The number of pyridine rings is 1. The van der Waals surface area contributed by atoms with Crippen molar-refractivity contribution in [3.05, 3.63) is 60.4 Å². The Balaban J connectivity index is 1.35. The lowest BCUT2D eigenvalue weighted by Gasteiger charge is -2.33. The highest BCUT2D eigenvalue weighted by Crippen LogP contribution is 2.21. The van der Waals surface area contributed by atoms with Crippen molar-refractivity contribution in [1.29, 1.82) is 0 Å². The Morgan fingerprint density at radius 2 is 1.89 bits per heavy atom. The molecule has 1 aliphatic rings. The van der Waals surface area contributed by atoms with Gasteiger partial charge in [-0.2, -0.15) is 0 Å². The van der Waals surface area contributed by atoms with Crippen molar-refractivity contribution in [3.63, 3.8) is 0 Å². The highest BCUT2D eigenvalue weighted by molar-refractivity contribution is 5.69. The molecule has 190 valence electrons. The summed E-state index contributed by atoms with van der Waals surface area (Å²) in [6.45, 7) is 4.62. The molecule has 3 aromatic rings. The fourth-order valence-electron chi connectivity index (χ4n) is 3.97. The molecule has 4 rings (SSSR count). The number of nitrogens with two attached hydrogens (primary N) is 1. The predicted octanol–water partition coefficient (Wildman–Crippen LogP) is 1.22. The summed E-state index contributed by atoms with van der Waals surface area (Å²) in [6, 6.07) is 13.7. The fourth-order valence-corrected chi connectivity index (χ4v) is 3.97. The van der Waals surface area contributed by atoms with Crippen LogP contribution >= 0.6 is 0 Å². The van der Waals surface area contributed by atoms with E-state index >= 15 is 0 Å². The molecule has 0 saturated carbocycles. The molecule has 0 radical (unpaired) electrons. The van der Waals surface area contributed by atoms with E-state index in [1.807, 2.05) is 35.2 Å². The van der Waals surface area contributed by atoms with Gasteiger partial charge in [0.2, 0.25) is 5.95 Å². The molecule has 11 nitrogen and oxygen atoms in total. The summed E-state index contributed by atoms with van der Waals surface area (Å²) in [5.74, 6) is 0.358. The van der Waals surface area contributed by atoms with Crippen molar-refractivity contribution in [2.75, 3.05) is 56.4 Å². The number of aliphatic hydroxyl groups is 1. The number of benzene rings is 1. The number of anilines is 3. The van der Waals surface area contributed by atoms with Gasteiger partial charge in [-0.25, -0.2) is 15.0 Å². The third kappa shape index (κ3) is 7.43. The number of aromatic nitrogens is 3. The summed E-state index contributed by atoms with van der Waals surface area (Å²) in [4.78, 5) is 28.6. The zero-order valence-corrected chi connectivity index (χ0v) is 20.0. The number of carbonyl (C=O) groups is 1. The van der Waals surface area contributed by atoms with E-state index in [-0.39, 0.29) is 13.1 Å². The Labute approximate surface area is 210 Å². The molecule has 1 aromatic carbocycles. The number of carboxylic acid groups (broad SMARTS) is 1. The molecule has 6 N–H and O–H groups in total. The summed E-state index contributed by atoms with van der Waals surface area (Å²) < 4.78 is 0. The molecule has 2 aromatic heterocycles. The first-order valence-electron chi connectivity index (χ1n) is 11.9. The van der Waals surface area contributed by atoms with Gasteiger partial charge in [-0.1, -0.05) is 12.1 Å². The van der Waals surface area contributed by atoms with Crippen molar-refractivity contribution in [2.45, 2.75) is 12.6 Å². The van der Waals surface area contributed by atoms with E-state index in [0.717, 1.165) is 55.2 Å². The first-order valence-corrected chi connectivity index (χ1v) is 11.9. The Kier molecular flexibility index (Phi) is 8.74. The second-order valence-electron chi connectivity index (χ2n) is 8.74. The summed E-state index contributed by atoms with van der Waals surface area (Å²) in [7, 11) is 0. The molecule has 0 amide bonds. The van der Waals surface area contributed by atoms with E-state index < -0.39 is 12.1 Å². The van der Waals surface area contributed by atoms with Crippen molar-refractivity contribution in [1.82, 2.24) is 24.8 Å². The summed E-state index contributed by atoms with van der Waals surface area (Å²) >= 11 is 0. The highest BCUT2D eigenvalue weighted by atomic mass is 16.4. The van der Waals surface area contributed by atoms with E-state index in [0.29, 0.717) is 18.3 Å². The third-order valence-electron chi connectivity index (χ3n) is 5.92. The minimum absolute atomic E-state index is 0.0995. The van der Waals surface area contributed by atoms with Gasteiger partial charge in [0.25, 0.3) is 0 Å². The zero-order chi connectivity index (χ0) is 25.3. The Hall–Kier alpha value is -3.64. The van der Waals surface area contributed by atoms with Crippen LogP contribution in [0.1, 0.15) is 5.56 Å². The molecule has 1 fully saturated rings. The summed E-state index contributed by atoms with van der Waals surface area (Å²) in [6.07, 6.45) is 2.81. The van der Waals surface area contributed by atoms with Crippen LogP contribution in [0.2, 0.25) is 0 Å². The normalized spacial score (nSPS) is 15.4.